The maximum absolute atomic E-state index is 8.74. The molecule has 120 valence electrons. The number of nitrogens with two attached hydrogens (primary N) is 1. The smallest absolute Gasteiger partial charge is 0.225 e. The highest BCUT2D eigenvalue weighted by Gasteiger charge is 1.96. The van der Waals surface area contributed by atoms with Crippen LogP contribution in [0.5, 0.6) is 0 Å². The molecule has 0 bridgehead atoms. The van der Waals surface area contributed by atoms with Gasteiger partial charge in [-0.25, -0.2) is 5.43 Å². The van der Waals surface area contributed by atoms with Crippen LogP contribution in [0.2, 0.25) is 0 Å². The minimum absolute atomic E-state index is 0.206. The van der Waals surface area contributed by atoms with Crippen molar-refractivity contribution in [1.29, 1.82) is 10.5 Å². The normalized spacial score (nSPS) is 10.5. The summed E-state index contributed by atoms with van der Waals surface area (Å²) in [4.78, 5) is 0. The Morgan fingerprint density at radius 2 is 1.38 bits per heavy atom. The Morgan fingerprint density at radius 1 is 0.875 bits per heavy atom. The third-order valence-corrected chi connectivity index (χ3v) is 3.16. The maximum atomic E-state index is 8.74. The molecule has 2 aromatic rings. The van der Waals surface area contributed by atoms with Crippen LogP contribution in [0, 0.1) is 22.7 Å². The molecule has 0 aliphatic rings. The number of benzene rings is 2. The summed E-state index contributed by atoms with van der Waals surface area (Å²) in [6.07, 6.45) is 0. The number of nitrogens with one attached hydrogen (secondary N) is 3. The van der Waals surface area contributed by atoms with Gasteiger partial charge in [0.25, 0.3) is 0 Å². The predicted octanol–water partition coefficient (Wildman–Crippen LogP) is 1.04. The van der Waals surface area contributed by atoms with E-state index in [0.717, 1.165) is 11.1 Å². The number of rotatable bonds is 6. The number of nitriles is 2. The second-order valence-corrected chi connectivity index (χ2v) is 4.93. The Balaban J connectivity index is 1.71. The van der Waals surface area contributed by atoms with E-state index in [9.17, 15) is 0 Å². The number of hydrazine groups is 1. The van der Waals surface area contributed by atoms with Crippen molar-refractivity contribution in [2.45, 2.75) is 13.1 Å². The van der Waals surface area contributed by atoms with Crippen LogP contribution >= 0.6 is 0 Å². The van der Waals surface area contributed by atoms with Crippen LogP contribution < -0.4 is 22.0 Å². The standard InChI is InChI=1S/C17H17N7/c18-9-13-1-5-15(6-2-13)11-21-23-17(20)24-22-12-16-7-3-14(10-19)4-8-16/h1-8,21-22H,11-12H2,(H3,20,23,24). The first-order valence-corrected chi connectivity index (χ1v) is 7.24. The van der Waals surface area contributed by atoms with Crippen LogP contribution in [0.15, 0.2) is 53.6 Å². The van der Waals surface area contributed by atoms with Crippen molar-refractivity contribution in [3.8, 4) is 12.1 Å². The zero-order chi connectivity index (χ0) is 17.2. The van der Waals surface area contributed by atoms with E-state index in [2.05, 4.69) is 33.5 Å². The fourth-order valence-corrected chi connectivity index (χ4v) is 1.88. The summed E-state index contributed by atoms with van der Waals surface area (Å²) in [6, 6.07) is 18.6. The number of hydrogen-bond donors (Lipinski definition) is 4. The van der Waals surface area contributed by atoms with Gasteiger partial charge in [-0.2, -0.15) is 10.5 Å². The first-order valence-electron chi connectivity index (χ1n) is 7.24. The minimum atomic E-state index is 0.206. The molecule has 2 rings (SSSR count). The van der Waals surface area contributed by atoms with E-state index in [4.69, 9.17) is 16.3 Å². The highest BCUT2D eigenvalue weighted by molar-refractivity contribution is 5.76. The maximum Gasteiger partial charge on any atom is 0.225 e. The average molecular weight is 319 g/mol. The predicted molar refractivity (Wildman–Crippen MR) is 90.8 cm³/mol. The van der Waals surface area contributed by atoms with Gasteiger partial charge in [-0.3, -0.25) is 5.43 Å². The van der Waals surface area contributed by atoms with E-state index in [1.54, 1.807) is 24.3 Å². The number of nitrogens with zero attached hydrogens (tertiary/aromatic N) is 3. The van der Waals surface area contributed by atoms with Gasteiger partial charge in [-0.15, -0.1) is 5.10 Å². The molecule has 2 aromatic carbocycles. The Morgan fingerprint density at radius 3 is 1.88 bits per heavy atom. The lowest BCUT2D eigenvalue weighted by molar-refractivity contribution is 0.635. The van der Waals surface area contributed by atoms with Crippen molar-refractivity contribution in [3.63, 3.8) is 0 Å². The SMILES string of the molecule is N#Cc1ccc(CNN=C(N)NNCc2ccc(C#N)cc2)cc1. The van der Waals surface area contributed by atoms with Gasteiger partial charge in [0.2, 0.25) is 5.96 Å². The first kappa shape index (κ1) is 16.8. The lowest BCUT2D eigenvalue weighted by Gasteiger charge is -2.08. The molecule has 0 aliphatic carbocycles. The van der Waals surface area contributed by atoms with Crippen LogP contribution in [0.4, 0.5) is 0 Å². The van der Waals surface area contributed by atoms with Crippen molar-refractivity contribution in [3.05, 3.63) is 70.8 Å². The van der Waals surface area contributed by atoms with Gasteiger partial charge < -0.3 is 11.2 Å². The summed E-state index contributed by atoms with van der Waals surface area (Å²) in [5.41, 5.74) is 17.5. The van der Waals surface area contributed by atoms with Gasteiger partial charge in [0.15, 0.2) is 0 Å². The lowest BCUT2D eigenvalue weighted by atomic mass is 10.1. The molecule has 0 atom stereocenters. The van der Waals surface area contributed by atoms with E-state index in [1.165, 1.54) is 0 Å². The van der Waals surface area contributed by atoms with Crippen molar-refractivity contribution in [2.24, 2.45) is 10.8 Å². The molecule has 0 unspecified atom stereocenters. The molecular weight excluding hydrogens is 302 g/mol. The number of hydrogen-bond acceptors (Lipinski definition) is 5. The summed E-state index contributed by atoms with van der Waals surface area (Å²) >= 11 is 0. The summed E-state index contributed by atoms with van der Waals surface area (Å²) in [7, 11) is 0. The van der Waals surface area contributed by atoms with Gasteiger partial charge in [-0.1, -0.05) is 24.3 Å². The highest BCUT2D eigenvalue weighted by Crippen LogP contribution is 2.03. The van der Waals surface area contributed by atoms with Gasteiger partial charge >= 0.3 is 0 Å². The summed E-state index contributed by atoms with van der Waals surface area (Å²) in [5, 5.41) is 21.5. The Kier molecular flexibility index (Phi) is 6.16. The molecule has 0 heterocycles. The largest absolute Gasteiger partial charge is 0.367 e. The van der Waals surface area contributed by atoms with Gasteiger partial charge in [0, 0.05) is 6.54 Å². The molecule has 0 spiro atoms. The van der Waals surface area contributed by atoms with Crippen LogP contribution in [0.3, 0.4) is 0 Å². The minimum Gasteiger partial charge on any atom is -0.367 e. The van der Waals surface area contributed by atoms with E-state index in [1.807, 2.05) is 24.3 Å². The molecule has 0 aliphatic heterocycles. The van der Waals surface area contributed by atoms with Crippen molar-refractivity contribution in [1.82, 2.24) is 16.3 Å². The zero-order valence-electron chi connectivity index (χ0n) is 13.0. The van der Waals surface area contributed by atoms with Crippen LogP contribution in [-0.2, 0) is 13.1 Å². The molecule has 0 fully saturated rings. The second-order valence-electron chi connectivity index (χ2n) is 4.93. The molecule has 0 amide bonds. The highest BCUT2D eigenvalue weighted by atomic mass is 15.5. The third-order valence-electron chi connectivity index (χ3n) is 3.16. The van der Waals surface area contributed by atoms with Crippen molar-refractivity contribution >= 4 is 5.96 Å². The molecule has 24 heavy (non-hydrogen) atoms. The molecular formula is C17H17N7. The van der Waals surface area contributed by atoms with E-state index in [0.29, 0.717) is 24.2 Å². The zero-order valence-corrected chi connectivity index (χ0v) is 13.0. The molecule has 0 saturated carbocycles. The fourth-order valence-electron chi connectivity index (χ4n) is 1.88. The Labute approximate surface area is 140 Å². The van der Waals surface area contributed by atoms with Crippen molar-refractivity contribution < 1.29 is 0 Å². The quantitative estimate of drug-likeness (QED) is 0.358. The lowest BCUT2D eigenvalue weighted by Crippen LogP contribution is -2.42. The van der Waals surface area contributed by atoms with E-state index in [-0.39, 0.29) is 5.96 Å². The Hall–Kier alpha value is -3.55. The summed E-state index contributed by atoms with van der Waals surface area (Å²) in [6.45, 7) is 1.04. The monoisotopic (exact) mass is 319 g/mol. The molecule has 0 aromatic heterocycles. The summed E-state index contributed by atoms with van der Waals surface area (Å²) in [5.74, 6) is 0.206. The van der Waals surface area contributed by atoms with Crippen LogP contribution in [0.1, 0.15) is 22.3 Å². The van der Waals surface area contributed by atoms with Gasteiger partial charge in [0.05, 0.1) is 29.8 Å². The second kappa shape index (κ2) is 8.79. The Bertz CT molecular complexity index is 765. The van der Waals surface area contributed by atoms with Crippen LogP contribution in [-0.4, -0.2) is 5.96 Å². The average Bonchev–Trinajstić information content (AvgIpc) is 2.63. The summed E-state index contributed by atoms with van der Waals surface area (Å²) < 4.78 is 0. The van der Waals surface area contributed by atoms with Crippen LogP contribution in [0.25, 0.3) is 0 Å². The third kappa shape index (κ3) is 5.34. The molecule has 0 saturated heterocycles. The molecule has 7 heteroatoms. The fraction of sp³-hybridized carbons (Fsp3) is 0.118. The van der Waals surface area contributed by atoms with Gasteiger partial charge in [0.1, 0.15) is 0 Å². The number of hydrazone groups is 1. The van der Waals surface area contributed by atoms with Crippen molar-refractivity contribution in [2.75, 3.05) is 0 Å². The number of guanidine groups is 1. The van der Waals surface area contributed by atoms with E-state index < -0.39 is 0 Å². The van der Waals surface area contributed by atoms with Gasteiger partial charge in [-0.05, 0) is 35.4 Å². The molecule has 0 radical (unpaired) electrons. The molecule has 7 nitrogen and oxygen atoms in total. The van der Waals surface area contributed by atoms with E-state index >= 15 is 0 Å². The topological polar surface area (TPSA) is 122 Å². The molecule has 5 N–H and O–H groups in total. The first-order chi connectivity index (χ1) is 11.7.